The molecule has 0 bridgehead atoms. The number of methoxy groups -OCH3 is 1. The molecule has 7 nitrogen and oxygen atoms in total. The largest absolute Gasteiger partial charge is 0.452 e. The number of anilines is 1. The minimum atomic E-state index is -4.13. The highest BCUT2D eigenvalue weighted by molar-refractivity contribution is 9.10. The van der Waals surface area contributed by atoms with Crippen molar-refractivity contribution in [1.82, 2.24) is 4.72 Å². The Balaban J connectivity index is 3.08. The van der Waals surface area contributed by atoms with E-state index in [0.717, 1.165) is 7.11 Å². The number of halogens is 1. The van der Waals surface area contributed by atoms with Crippen molar-refractivity contribution in [3.63, 3.8) is 0 Å². The molecular weight excluding hydrogens is 358 g/mol. The lowest BCUT2D eigenvalue weighted by Crippen LogP contribution is -2.35. The van der Waals surface area contributed by atoms with Crippen LogP contribution in [0.1, 0.15) is 5.56 Å². The van der Waals surface area contributed by atoms with Crippen molar-refractivity contribution in [3.05, 3.63) is 28.2 Å². The van der Waals surface area contributed by atoms with Gasteiger partial charge in [0.15, 0.2) is 0 Å². The summed E-state index contributed by atoms with van der Waals surface area (Å²) in [6, 6.07) is 4.66. The molecule has 0 saturated carbocycles. The van der Waals surface area contributed by atoms with Gasteiger partial charge in [-0.25, -0.2) is 9.52 Å². The maximum Gasteiger partial charge on any atom is 0.422 e. The van der Waals surface area contributed by atoms with Crippen LogP contribution in [0.25, 0.3) is 0 Å². The van der Waals surface area contributed by atoms with Crippen LogP contribution in [0.15, 0.2) is 22.7 Å². The standard InChI is InChI=1S/C9H10BrN3O4S2/c1-17-9(14)13-19(15,16)12-7-4-5(10)2-3-6(7)8(11)18/h2-4,12H,1H3,(H2,11,18)(H,13,14). The van der Waals surface area contributed by atoms with E-state index in [4.69, 9.17) is 18.0 Å². The first-order valence-corrected chi connectivity index (χ1v) is 7.41. The van der Waals surface area contributed by atoms with Crippen molar-refractivity contribution < 1.29 is 17.9 Å². The molecule has 0 fully saturated rings. The quantitative estimate of drug-likeness (QED) is 0.687. The Bertz CT molecular complexity index is 618. The summed E-state index contributed by atoms with van der Waals surface area (Å²) in [7, 11) is -3.08. The highest BCUT2D eigenvalue weighted by Crippen LogP contribution is 2.22. The minimum Gasteiger partial charge on any atom is -0.452 e. The van der Waals surface area contributed by atoms with E-state index in [1.54, 1.807) is 16.9 Å². The number of hydrogen-bond acceptors (Lipinski definition) is 5. The first-order valence-electron chi connectivity index (χ1n) is 4.73. The Hall–Kier alpha value is -1.39. The molecule has 0 unspecified atom stereocenters. The van der Waals surface area contributed by atoms with Gasteiger partial charge in [-0.2, -0.15) is 8.42 Å². The van der Waals surface area contributed by atoms with Gasteiger partial charge < -0.3 is 10.5 Å². The number of thiocarbonyl (C=S) groups is 1. The summed E-state index contributed by atoms with van der Waals surface area (Å²) in [6.07, 6.45) is -1.11. The Labute approximate surface area is 123 Å². The number of carbonyl (C=O) groups excluding carboxylic acids is 1. The Morgan fingerprint density at radius 1 is 1.47 bits per heavy atom. The molecule has 1 aromatic carbocycles. The van der Waals surface area contributed by atoms with Gasteiger partial charge in [-0.15, -0.1) is 0 Å². The molecular formula is C9H10BrN3O4S2. The third-order valence-electron chi connectivity index (χ3n) is 1.89. The SMILES string of the molecule is COC(=O)NS(=O)(=O)Nc1cc(Br)ccc1C(N)=S. The van der Waals surface area contributed by atoms with E-state index < -0.39 is 16.3 Å². The zero-order valence-corrected chi connectivity index (χ0v) is 12.9. The van der Waals surface area contributed by atoms with E-state index in [1.165, 1.54) is 6.07 Å². The monoisotopic (exact) mass is 367 g/mol. The lowest BCUT2D eigenvalue weighted by atomic mass is 10.2. The minimum absolute atomic E-state index is 0.0169. The number of rotatable bonds is 4. The predicted molar refractivity (Wildman–Crippen MR) is 78.1 cm³/mol. The van der Waals surface area contributed by atoms with Gasteiger partial charge in [-0.3, -0.25) is 4.72 Å². The first-order chi connectivity index (χ1) is 8.75. The molecule has 0 spiro atoms. The van der Waals surface area contributed by atoms with Gasteiger partial charge in [-0.05, 0) is 18.2 Å². The fourth-order valence-corrected chi connectivity index (χ4v) is 2.49. The van der Waals surface area contributed by atoms with Gasteiger partial charge in [0.2, 0.25) is 0 Å². The number of ether oxygens (including phenoxy) is 1. The molecule has 0 radical (unpaired) electrons. The fourth-order valence-electron chi connectivity index (χ4n) is 1.14. The molecule has 0 atom stereocenters. The van der Waals surface area contributed by atoms with E-state index in [-0.39, 0.29) is 10.7 Å². The van der Waals surface area contributed by atoms with Gasteiger partial charge in [0.25, 0.3) is 0 Å². The Kier molecular flexibility index (Phi) is 5.09. The molecule has 0 aliphatic rings. The van der Waals surface area contributed by atoms with E-state index in [2.05, 4.69) is 25.4 Å². The zero-order chi connectivity index (χ0) is 14.6. The van der Waals surface area contributed by atoms with Crippen molar-refractivity contribution in [2.45, 2.75) is 0 Å². The Morgan fingerprint density at radius 2 is 2.11 bits per heavy atom. The summed E-state index contributed by atoms with van der Waals surface area (Å²) in [5, 5.41) is 0. The van der Waals surface area contributed by atoms with E-state index in [9.17, 15) is 13.2 Å². The molecule has 104 valence electrons. The topological polar surface area (TPSA) is 111 Å². The second-order valence-electron chi connectivity index (χ2n) is 3.25. The Morgan fingerprint density at radius 3 is 2.63 bits per heavy atom. The highest BCUT2D eigenvalue weighted by Gasteiger charge is 2.17. The molecule has 19 heavy (non-hydrogen) atoms. The third-order valence-corrected chi connectivity index (χ3v) is 3.53. The summed E-state index contributed by atoms with van der Waals surface area (Å²) in [6.45, 7) is 0. The summed E-state index contributed by atoms with van der Waals surface area (Å²) in [5.74, 6) is 0. The summed E-state index contributed by atoms with van der Waals surface area (Å²) in [4.78, 5) is 10.9. The van der Waals surface area contributed by atoms with Crippen molar-refractivity contribution in [2.24, 2.45) is 5.73 Å². The zero-order valence-electron chi connectivity index (χ0n) is 9.64. The van der Waals surface area contributed by atoms with E-state index >= 15 is 0 Å². The van der Waals surface area contributed by atoms with Gasteiger partial charge in [0.05, 0.1) is 12.8 Å². The number of carbonyl (C=O) groups is 1. The first kappa shape index (κ1) is 15.7. The molecule has 10 heteroatoms. The average Bonchev–Trinajstić information content (AvgIpc) is 2.27. The summed E-state index contributed by atoms with van der Waals surface area (Å²) in [5.41, 5.74) is 5.94. The van der Waals surface area contributed by atoms with Crippen molar-refractivity contribution in [3.8, 4) is 0 Å². The van der Waals surface area contributed by atoms with Crippen molar-refractivity contribution in [1.29, 1.82) is 0 Å². The van der Waals surface area contributed by atoms with Crippen LogP contribution < -0.4 is 15.2 Å². The van der Waals surface area contributed by atoms with Gasteiger partial charge in [-0.1, -0.05) is 28.1 Å². The molecule has 0 saturated heterocycles. The maximum atomic E-state index is 11.6. The average molecular weight is 368 g/mol. The van der Waals surface area contributed by atoms with E-state index in [0.29, 0.717) is 10.0 Å². The normalized spacial score (nSPS) is 10.6. The lowest BCUT2D eigenvalue weighted by molar-refractivity contribution is 0.177. The van der Waals surface area contributed by atoms with Crippen LogP contribution in [0.2, 0.25) is 0 Å². The van der Waals surface area contributed by atoms with Crippen molar-refractivity contribution >= 4 is 55.1 Å². The van der Waals surface area contributed by atoms with E-state index in [1.807, 2.05) is 0 Å². The van der Waals surface area contributed by atoms with Gasteiger partial charge in [0.1, 0.15) is 4.99 Å². The van der Waals surface area contributed by atoms with Crippen LogP contribution in [0.5, 0.6) is 0 Å². The van der Waals surface area contributed by atoms with Crippen LogP contribution in [0.4, 0.5) is 10.5 Å². The number of amides is 1. The molecule has 1 amide bonds. The predicted octanol–water partition coefficient (Wildman–Crippen LogP) is 1.10. The number of nitrogens with one attached hydrogen (secondary N) is 2. The highest BCUT2D eigenvalue weighted by atomic mass is 79.9. The molecule has 4 N–H and O–H groups in total. The maximum absolute atomic E-state index is 11.6. The molecule has 1 rings (SSSR count). The van der Waals surface area contributed by atoms with Crippen LogP contribution in [-0.2, 0) is 14.9 Å². The summed E-state index contributed by atoms with van der Waals surface area (Å²) >= 11 is 7.99. The second kappa shape index (κ2) is 6.17. The second-order valence-corrected chi connectivity index (χ2v) is 6.02. The van der Waals surface area contributed by atoms with Crippen LogP contribution in [0, 0.1) is 0 Å². The van der Waals surface area contributed by atoms with Gasteiger partial charge in [0, 0.05) is 10.0 Å². The molecule has 0 aromatic heterocycles. The third kappa shape index (κ3) is 4.65. The molecule has 0 aliphatic heterocycles. The molecule has 0 aliphatic carbocycles. The van der Waals surface area contributed by atoms with Crippen LogP contribution in [0.3, 0.4) is 0 Å². The number of nitrogens with two attached hydrogens (primary N) is 1. The fraction of sp³-hybridized carbons (Fsp3) is 0.111. The number of benzene rings is 1. The smallest absolute Gasteiger partial charge is 0.422 e. The van der Waals surface area contributed by atoms with Gasteiger partial charge >= 0.3 is 16.3 Å². The lowest BCUT2D eigenvalue weighted by Gasteiger charge is -2.12. The van der Waals surface area contributed by atoms with Crippen molar-refractivity contribution in [2.75, 3.05) is 11.8 Å². The van der Waals surface area contributed by atoms with Crippen LogP contribution >= 0.6 is 28.1 Å². The summed E-state index contributed by atoms with van der Waals surface area (Å²) < 4.78 is 31.9. The molecule has 0 heterocycles. The van der Waals surface area contributed by atoms with Crippen LogP contribution in [-0.4, -0.2) is 26.6 Å². The molecule has 1 aromatic rings. The number of hydrogen-bond donors (Lipinski definition) is 3.